The summed E-state index contributed by atoms with van der Waals surface area (Å²) < 4.78 is 36.7. The van der Waals surface area contributed by atoms with Gasteiger partial charge in [-0.3, -0.25) is 4.79 Å². The van der Waals surface area contributed by atoms with E-state index in [0.717, 1.165) is 12.1 Å². The van der Waals surface area contributed by atoms with Crippen LogP contribution >= 0.6 is 0 Å². The van der Waals surface area contributed by atoms with E-state index in [2.05, 4.69) is 5.32 Å². The number of alkyl halides is 3. The molecule has 0 saturated heterocycles. The average molecular weight is 214 g/mol. The molecule has 3 nitrogen and oxygen atoms in total. The Labute approximate surface area is 83.1 Å². The first-order chi connectivity index (χ1) is 6.99. The fraction of sp³-hybridized carbons (Fsp3) is 0.111. The third-order valence-corrected chi connectivity index (χ3v) is 1.68. The molecule has 78 valence electrons. The first-order valence-corrected chi connectivity index (χ1v) is 3.80. The van der Waals surface area contributed by atoms with Gasteiger partial charge in [0.2, 0.25) is 6.41 Å². The molecule has 1 aromatic rings. The minimum atomic E-state index is -4.49. The van der Waals surface area contributed by atoms with E-state index in [4.69, 9.17) is 5.26 Å². The summed E-state index contributed by atoms with van der Waals surface area (Å²) in [5.41, 5.74) is -1.09. The molecule has 0 atom stereocenters. The van der Waals surface area contributed by atoms with Crippen molar-refractivity contribution in [1.82, 2.24) is 0 Å². The van der Waals surface area contributed by atoms with Crippen LogP contribution < -0.4 is 5.32 Å². The normalized spacial score (nSPS) is 10.5. The van der Waals surface area contributed by atoms with Crippen LogP contribution in [0.1, 0.15) is 11.1 Å². The maximum Gasteiger partial charge on any atom is 0.416 e. The van der Waals surface area contributed by atoms with Gasteiger partial charge in [0.15, 0.2) is 0 Å². The summed E-state index contributed by atoms with van der Waals surface area (Å²) in [6.07, 6.45) is -4.20. The van der Waals surface area contributed by atoms with Crippen LogP contribution in [-0.2, 0) is 11.0 Å². The minimum Gasteiger partial charge on any atom is -0.328 e. The molecule has 1 aromatic carbocycles. The van der Waals surface area contributed by atoms with E-state index in [1.54, 1.807) is 6.07 Å². The summed E-state index contributed by atoms with van der Waals surface area (Å²) in [6, 6.07) is 4.09. The van der Waals surface area contributed by atoms with E-state index < -0.39 is 11.7 Å². The summed E-state index contributed by atoms with van der Waals surface area (Å²) in [4.78, 5) is 10.1. The zero-order valence-electron chi connectivity index (χ0n) is 7.30. The topological polar surface area (TPSA) is 52.9 Å². The number of nitrogens with one attached hydrogen (secondary N) is 1. The molecular formula is C9H5F3N2O. The quantitative estimate of drug-likeness (QED) is 0.767. The van der Waals surface area contributed by atoms with Crippen molar-refractivity contribution < 1.29 is 18.0 Å². The van der Waals surface area contributed by atoms with E-state index in [1.165, 1.54) is 0 Å². The van der Waals surface area contributed by atoms with Crippen molar-refractivity contribution in [3.05, 3.63) is 29.3 Å². The maximum absolute atomic E-state index is 12.2. The molecule has 0 bridgehead atoms. The van der Waals surface area contributed by atoms with Gasteiger partial charge in [-0.2, -0.15) is 18.4 Å². The van der Waals surface area contributed by atoms with E-state index in [-0.39, 0.29) is 11.3 Å². The van der Waals surface area contributed by atoms with Crippen LogP contribution in [-0.4, -0.2) is 6.41 Å². The third kappa shape index (κ3) is 2.47. The van der Waals surface area contributed by atoms with Gasteiger partial charge in [0, 0.05) is 0 Å². The number of halogens is 3. The van der Waals surface area contributed by atoms with Crippen LogP contribution in [0, 0.1) is 11.3 Å². The number of nitriles is 1. The Morgan fingerprint density at radius 1 is 1.40 bits per heavy atom. The number of carbonyl (C=O) groups is 1. The molecule has 1 rings (SSSR count). The number of hydrogen-bond acceptors (Lipinski definition) is 2. The number of amides is 1. The smallest absolute Gasteiger partial charge is 0.328 e. The molecule has 0 unspecified atom stereocenters. The van der Waals surface area contributed by atoms with Crippen LogP contribution in [0.5, 0.6) is 0 Å². The van der Waals surface area contributed by atoms with Crippen molar-refractivity contribution in [2.75, 3.05) is 5.32 Å². The molecule has 0 aliphatic heterocycles. The summed E-state index contributed by atoms with van der Waals surface area (Å²) in [5.74, 6) is 0. The van der Waals surface area contributed by atoms with Gasteiger partial charge in [-0.05, 0) is 18.2 Å². The highest BCUT2D eigenvalue weighted by molar-refractivity contribution is 5.75. The van der Waals surface area contributed by atoms with E-state index in [1.807, 2.05) is 0 Å². The molecule has 0 radical (unpaired) electrons. The predicted molar refractivity (Wildman–Crippen MR) is 45.8 cm³/mol. The lowest BCUT2D eigenvalue weighted by atomic mass is 10.1. The molecule has 1 N–H and O–H groups in total. The first kappa shape index (κ1) is 11.0. The molecule has 0 heterocycles. The van der Waals surface area contributed by atoms with Gasteiger partial charge >= 0.3 is 6.18 Å². The standard InChI is InChI=1S/C9H5F3N2O/c10-9(11,12)7-1-2-8(14-5-15)6(3-7)4-13/h1-3,5H,(H,14,15). The second kappa shape index (κ2) is 4.00. The SMILES string of the molecule is N#Cc1cc(C(F)(F)F)ccc1NC=O. The number of nitrogens with zero attached hydrogens (tertiary/aromatic N) is 1. The molecule has 0 aliphatic rings. The number of benzene rings is 1. The van der Waals surface area contributed by atoms with Gasteiger partial charge < -0.3 is 5.32 Å². The fourth-order valence-electron chi connectivity index (χ4n) is 1.00. The lowest BCUT2D eigenvalue weighted by molar-refractivity contribution is -0.137. The summed E-state index contributed by atoms with van der Waals surface area (Å²) in [5, 5.41) is 10.7. The monoisotopic (exact) mass is 214 g/mol. The summed E-state index contributed by atoms with van der Waals surface area (Å²) in [7, 11) is 0. The number of rotatable bonds is 2. The van der Waals surface area contributed by atoms with Crippen molar-refractivity contribution in [2.45, 2.75) is 6.18 Å². The lowest BCUT2D eigenvalue weighted by Crippen LogP contribution is -2.06. The van der Waals surface area contributed by atoms with Crippen molar-refractivity contribution >= 4 is 12.1 Å². The highest BCUT2D eigenvalue weighted by Gasteiger charge is 2.30. The van der Waals surface area contributed by atoms with Gasteiger partial charge in [0.25, 0.3) is 0 Å². The molecule has 0 spiro atoms. The van der Waals surface area contributed by atoms with Gasteiger partial charge in [0.05, 0.1) is 16.8 Å². The van der Waals surface area contributed by atoms with Crippen molar-refractivity contribution in [1.29, 1.82) is 5.26 Å². The molecule has 6 heteroatoms. The average Bonchev–Trinajstić information content (AvgIpc) is 2.17. The van der Waals surface area contributed by atoms with E-state index >= 15 is 0 Å². The Morgan fingerprint density at radius 3 is 2.53 bits per heavy atom. The minimum absolute atomic E-state index is 0.0560. The molecule has 1 amide bonds. The maximum atomic E-state index is 12.2. The largest absolute Gasteiger partial charge is 0.416 e. The predicted octanol–water partition coefficient (Wildman–Crippen LogP) is 2.15. The Hall–Kier alpha value is -2.03. The zero-order valence-corrected chi connectivity index (χ0v) is 7.30. The van der Waals surface area contributed by atoms with Gasteiger partial charge in [-0.25, -0.2) is 0 Å². The Morgan fingerprint density at radius 2 is 2.07 bits per heavy atom. The van der Waals surface area contributed by atoms with Crippen LogP contribution in [0.25, 0.3) is 0 Å². The molecule has 0 fully saturated rings. The second-order valence-corrected chi connectivity index (χ2v) is 2.63. The molecule has 0 aliphatic carbocycles. The van der Waals surface area contributed by atoms with Crippen LogP contribution in [0.4, 0.5) is 18.9 Å². The van der Waals surface area contributed by atoms with Crippen LogP contribution in [0.15, 0.2) is 18.2 Å². The van der Waals surface area contributed by atoms with Crippen molar-refractivity contribution in [3.63, 3.8) is 0 Å². The van der Waals surface area contributed by atoms with Gasteiger partial charge in [-0.15, -0.1) is 0 Å². The van der Waals surface area contributed by atoms with Crippen LogP contribution in [0.2, 0.25) is 0 Å². The van der Waals surface area contributed by atoms with Crippen LogP contribution in [0.3, 0.4) is 0 Å². The second-order valence-electron chi connectivity index (χ2n) is 2.63. The Bertz CT molecular complexity index is 420. The Kier molecular flexibility index (Phi) is 2.95. The number of carbonyl (C=O) groups excluding carboxylic acids is 1. The van der Waals surface area contributed by atoms with Gasteiger partial charge in [-0.1, -0.05) is 0 Å². The van der Waals surface area contributed by atoms with Crippen molar-refractivity contribution in [2.24, 2.45) is 0 Å². The number of anilines is 1. The summed E-state index contributed by atoms with van der Waals surface area (Å²) in [6.45, 7) is 0. The molecular weight excluding hydrogens is 209 g/mol. The van der Waals surface area contributed by atoms with E-state index in [9.17, 15) is 18.0 Å². The molecule has 0 aromatic heterocycles. The van der Waals surface area contributed by atoms with E-state index in [0.29, 0.717) is 12.5 Å². The highest BCUT2D eigenvalue weighted by Crippen LogP contribution is 2.31. The molecule has 0 saturated carbocycles. The Balaban J connectivity index is 3.20. The highest BCUT2D eigenvalue weighted by atomic mass is 19.4. The molecule has 15 heavy (non-hydrogen) atoms. The summed E-state index contributed by atoms with van der Waals surface area (Å²) >= 11 is 0. The fourth-order valence-corrected chi connectivity index (χ4v) is 1.00. The first-order valence-electron chi connectivity index (χ1n) is 3.80. The van der Waals surface area contributed by atoms with Crippen molar-refractivity contribution in [3.8, 4) is 6.07 Å². The lowest BCUT2D eigenvalue weighted by Gasteiger charge is -2.08. The number of hydrogen-bond donors (Lipinski definition) is 1. The third-order valence-electron chi connectivity index (χ3n) is 1.68. The zero-order chi connectivity index (χ0) is 11.5. The van der Waals surface area contributed by atoms with Gasteiger partial charge in [0.1, 0.15) is 6.07 Å².